The normalized spacial score (nSPS) is 16.9. The summed E-state index contributed by atoms with van der Waals surface area (Å²) < 4.78 is 5.32. The van der Waals surface area contributed by atoms with E-state index in [1.54, 1.807) is 7.11 Å². The van der Waals surface area contributed by atoms with Crippen LogP contribution in [0.25, 0.3) is 0 Å². The van der Waals surface area contributed by atoms with E-state index in [2.05, 4.69) is 23.6 Å². The highest BCUT2D eigenvalue weighted by molar-refractivity contribution is 5.98. The Morgan fingerprint density at radius 1 is 1.14 bits per heavy atom. The van der Waals surface area contributed by atoms with E-state index in [0.717, 1.165) is 56.0 Å². The van der Waals surface area contributed by atoms with E-state index in [9.17, 15) is 4.79 Å². The molecule has 1 fully saturated rings. The maximum Gasteiger partial charge on any atom is 0.176 e. The van der Waals surface area contributed by atoms with Crippen molar-refractivity contribution in [3.05, 3.63) is 29.3 Å². The van der Waals surface area contributed by atoms with Crippen LogP contribution < -0.4 is 4.74 Å². The molecule has 0 N–H and O–H groups in total. The van der Waals surface area contributed by atoms with Crippen molar-refractivity contribution >= 4 is 5.78 Å². The van der Waals surface area contributed by atoms with Crippen LogP contribution in [-0.2, 0) is 6.42 Å². The molecule has 0 spiro atoms. The summed E-state index contributed by atoms with van der Waals surface area (Å²) >= 11 is 0. The van der Waals surface area contributed by atoms with Gasteiger partial charge in [0, 0.05) is 31.7 Å². The Hall–Kier alpha value is -1.39. The van der Waals surface area contributed by atoms with Gasteiger partial charge < -0.3 is 9.64 Å². The quantitative estimate of drug-likeness (QED) is 0.751. The maximum absolute atomic E-state index is 12.4. The summed E-state index contributed by atoms with van der Waals surface area (Å²) in [5.41, 5.74) is 1.89. The first-order valence-corrected chi connectivity index (χ1v) is 7.82. The van der Waals surface area contributed by atoms with Crippen molar-refractivity contribution in [3.63, 3.8) is 0 Å². The second kappa shape index (κ2) is 7.57. The fourth-order valence-corrected chi connectivity index (χ4v) is 2.79. The monoisotopic (exact) mass is 290 g/mol. The van der Waals surface area contributed by atoms with Crippen LogP contribution in [0.15, 0.2) is 18.2 Å². The Bertz CT molecular complexity index is 480. The number of aryl methyl sites for hydroxylation is 1. The van der Waals surface area contributed by atoms with Gasteiger partial charge in [-0.3, -0.25) is 9.69 Å². The van der Waals surface area contributed by atoms with Gasteiger partial charge in [-0.25, -0.2) is 0 Å². The van der Waals surface area contributed by atoms with E-state index < -0.39 is 0 Å². The third-order valence-corrected chi connectivity index (χ3v) is 4.26. The second-order valence-corrected chi connectivity index (χ2v) is 5.51. The van der Waals surface area contributed by atoms with Crippen molar-refractivity contribution in [2.75, 3.05) is 46.4 Å². The summed E-state index contributed by atoms with van der Waals surface area (Å²) in [6.45, 7) is 9.97. The van der Waals surface area contributed by atoms with Gasteiger partial charge in [0.15, 0.2) is 5.78 Å². The van der Waals surface area contributed by atoms with Crippen LogP contribution in [0.3, 0.4) is 0 Å². The van der Waals surface area contributed by atoms with Crippen molar-refractivity contribution in [1.82, 2.24) is 9.80 Å². The topological polar surface area (TPSA) is 32.8 Å². The summed E-state index contributed by atoms with van der Waals surface area (Å²) in [7, 11) is 1.67. The third kappa shape index (κ3) is 4.05. The van der Waals surface area contributed by atoms with Crippen LogP contribution in [-0.4, -0.2) is 62.0 Å². The van der Waals surface area contributed by atoms with Crippen molar-refractivity contribution in [1.29, 1.82) is 0 Å². The molecule has 0 bridgehead atoms. The molecule has 4 nitrogen and oxygen atoms in total. The summed E-state index contributed by atoms with van der Waals surface area (Å²) in [5.74, 6) is 1.07. The van der Waals surface area contributed by atoms with Crippen LogP contribution >= 0.6 is 0 Å². The molecule has 0 aromatic heterocycles. The van der Waals surface area contributed by atoms with Gasteiger partial charge in [-0.15, -0.1) is 0 Å². The fourth-order valence-electron chi connectivity index (χ4n) is 2.79. The molecule has 2 rings (SSSR count). The largest absolute Gasteiger partial charge is 0.496 e. The van der Waals surface area contributed by atoms with Crippen molar-refractivity contribution < 1.29 is 9.53 Å². The SMILES string of the molecule is CCc1cc(C(=O)CN2CCN(CC)CC2)ccc1OC. The number of nitrogens with zero attached hydrogens (tertiary/aromatic N) is 2. The molecule has 1 saturated heterocycles. The lowest BCUT2D eigenvalue weighted by molar-refractivity contribution is 0.0859. The average molecular weight is 290 g/mol. The van der Waals surface area contributed by atoms with Gasteiger partial charge in [0.25, 0.3) is 0 Å². The molecule has 116 valence electrons. The lowest BCUT2D eigenvalue weighted by Gasteiger charge is -2.33. The minimum absolute atomic E-state index is 0.206. The lowest BCUT2D eigenvalue weighted by Crippen LogP contribution is -2.47. The van der Waals surface area contributed by atoms with Crippen molar-refractivity contribution in [2.45, 2.75) is 20.3 Å². The average Bonchev–Trinajstić information content (AvgIpc) is 2.54. The molecule has 0 saturated carbocycles. The van der Waals surface area contributed by atoms with E-state index in [-0.39, 0.29) is 5.78 Å². The Labute approximate surface area is 127 Å². The third-order valence-electron chi connectivity index (χ3n) is 4.26. The zero-order valence-corrected chi connectivity index (χ0v) is 13.4. The zero-order chi connectivity index (χ0) is 15.2. The number of Topliss-reactive ketones (excluding diaryl/α,β-unsaturated/α-hetero) is 1. The number of rotatable bonds is 6. The highest BCUT2D eigenvalue weighted by Gasteiger charge is 2.19. The first kappa shape index (κ1) is 16.0. The number of carbonyl (C=O) groups is 1. The molecular weight excluding hydrogens is 264 g/mol. The minimum Gasteiger partial charge on any atom is -0.496 e. The number of hydrogen-bond acceptors (Lipinski definition) is 4. The zero-order valence-electron chi connectivity index (χ0n) is 13.4. The van der Waals surface area contributed by atoms with E-state index in [1.165, 1.54) is 0 Å². The Kier molecular flexibility index (Phi) is 5.76. The number of benzene rings is 1. The van der Waals surface area contributed by atoms with Crippen molar-refractivity contribution in [3.8, 4) is 5.75 Å². The van der Waals surface area contributed by atoms with E-state index in [4.69, 9.17) is 4.74 Å². The van der Waals surface area contributed by atoms with Gasteiger partial charge in [-0.2, -0.15) is 0 Å². The highest BCUT2D eigenvalue weighted by Crippen LogP contribution is 2.20. The number of ether oxygens (including phenoxy) is 1. The molecular formula is C17H26N2O2. The van der Waals surface area contributed by atoms with Crippen LogP contribution in [0.2, 0.25) is 0 Å². The number of methoxy groups -OCH3 is 1. The summed E-state index contributed by atoms with van der Waals surface area (Å²) in [6, 6.07) is 5.76. The predicted molar refractivity (Wildman–Crippen MR) is 85.3 cm³/mol. The van der Waals surface area contributed by atoms with Gasteiger partial charge >= 0.3 is 0 Å². The highest BCUT2D eigenvalue weighted by atomic mass is 16.5. The van der Waals surface area contributed by atoms with Gasteiger partial charge in [0.1, 0.15) is 5.75 Å². The van der Waals surface area contributed by atoms with E-state index >= 15 is 0 Å². The van der Waals surface area contributed by atoms with Gasteiger partial charge in [-0.1, -0.05) is 13.8 Å². The van der Waals surface area contributed by atoms with Crippen LogP contribution in [0.4, 0.5) is 0 Å². The minimum atomic E-state index is 0.206. The molecule has 0 atom stereocenters. The molecule has 1 heterocycles. The maximum atomic E-state index is 12.4. The molecule has 1 aromatic carbocycles. The lowest BCUT2D eigenvalue weighted by atomic mass is 10.0. The van der Waals surface area contributed by atoms with Crippen LogP contribution in [0, 0.1) is 0 Å². The number of ketones is 1. The van der Waals surface area contributed by atoms with E-state index in [1.807, 2.05) is 18.2 Å². The Morgan fingerprint density at radius 2 is 1.81 bits per heavy atom. The summed E-state index contributed by atoms with van der Waals surface area (Å²) in [6.07, 6.45) is 0.874. The van der Waals surface area contributed by atoms with Crippen molar-refractivity contribution in [2.24, 2.45) is 0 Å². The second-order valence-electron chi connectivity index (χ2n) is 5.51. The molecule has 4 heteroatoms. The molecule has 1 aliphatic rings. The number of hydrogen-bond donors (Lipinski definition) is 0. The van der Waals surface area contributed by atoms with Crippen LogP contribution in [0.5, 0.6) is 5.75 Å². The van der Waals surface area contributed by atoms with Crippen LogP contribution in [0.1, 0.15) is 29.8 Å². The Morgan fingerprint density at radius 3 is 2.38 bits per heavy atom. The first-order chi connectivity index (χ1) is 10.2. The molecule has 1 aromatic rings. The first-order valence-electron chi connectivity index (χ1n) is 7.82. The van der Waals surface area contributed by atoms with Gasteiger partial charge in [0.05, 0.1) is 13.7 Å². The Balaban J connectivity index is 1.97. The van der Waals surface area contributed by atoms with E-state index in [0.29, 0.717) is 6.54 Å². The number of carbonyl (C=O) groups excluding carboxylic acids is 1. The number of piperazine rings is 1. The molecule has 0 unspecified atom stereocenters. The van der Waals surface area contributed by atoms with Gasteiger partial charge in [0.2, 0.25) is 0 Å². The van der Waals surface area contributed by atoms with Gasteiger partial charge in [-0.05, 0) is 36.7 Å². The molecule has 0 aliphatic carbocycles. The molecule has 21 heavy (non-hydrogen) atoms. The fraction of sp³-hybridized carbons (Fsp3) is 0.588. The molecule has 0 radical (unpaired) electrons. The molecule has 1 aliphatic heterocycles. The standard InChI is InChI=1S/C17H26N2O2/c1-4-14-12-15(6-7-17(14)21-3)16(20)13-19-10-8-18(5-2)9-11-19/h6-7,12H,4-5,8-11,13H2,1-3H3. The summed E-state index contributed by atoms with van der Waals surface area (Å²) in [4.78, 5) is 17.1. The number of likely N-dealkylation sites (N-methyl/N-ethyl adjacent to an activating group) is 1. The molecule has 0 amide bonds. The predicted octanol–water partition coefficient (Wildman–Crippen LogP) is 2.08. The smallest absolute Gasteiger partial charge is 0.176 e. The summed E-state index contributed by atoms with van der Waals surface area (Å²) in [5, 5.41) is 0.